The third kappa shape index (κ3) is 2.91. The summed E-state index contributed by atoms with van der Waals surface area (Å²) in [6, 6.07) is -0.287. The number of nitrogens with one attached hydrogen (secondary N) is 1. The number of carbonyl (C=O) groups is 2. The molecule has 2 aliphatic rings. The molecule has 4 atom stereocenters. The number of amides is 2. The van der Waals surface area contributed by atoms with Gasteiger partial charge in [-0.05, 0) is 43.9 Å². The Morgan fingerprint density at radius 3 is 2.50 bits per heavy atom. The smallest absolute Gasteiger partial charge is 0.317 e. The number of carboxylic acids is 1. The summed E-state index contributed by atoms with van der Waals surface area (Å²) in [6.07, 6.45) is 3.01. The Balaban J connectivity index is 2.00. The Hall–Kier alpha value is -1.26. The predicted octanol–water partition coefficient (Wildman–Crippen LogP) is 2.17. The maximum Gasteiger partial charge on any atom is 0.317 e. The zero-order chi connectivity index (χ0) is 14.9. The van der Waals surface area contributed by atoms with Crippen LogP contribution < -0.4 is 5.32 Å². The highest BCUT2D eigenvalue weighted by Crippen LogP contribution is 2.48. The highest BCUT2D eigenvalue weighted by Gasteiger charge is 2.51. The number of carboxylic acid groups (broad SMARTS) is 1. The molecular weight excluding hydrogens is 256 g/mol. The number of hydrogen-bond donors (Lipinski definition) is 2. The van der Waals surface area contributed by atoms with E-state index >= 15 is 0 Å². The van der Waals surface area contributed by atoms with Gasteiger partial charge in [0.1, 0.15) is 0 Å². The molecule has 20 heavy (non-hydrogen) atoms. The van der Waals surface area contributed by atoms with Crippen LogP contribution in [0.25, 0.3) is 0 Å². The van der Waals surface area contributed by atoms with Gasteiger partial charge in [-0.15, -0.1) is 0 Å². The van der Waals surface area contributed by atoms with E-state index in [1.54, 1.807) is 4.90 Å². The lowest BCUT2D eigenvalue weighted by Gasteiger charge is -2.32. The van der Waals surface area contributed by atoms with E-state index in [9.17, 15) is 14.7 Å². The molecular formula is C15H26N2O3. The van der Waals surface area contributed by atoms with Gasteiger partial charge >= 0.3 is 12.0 Å². The van der Waals surface area contributed by atoms with Crippen LogP contribution in [0, 0.1) is 23.7 Å². The van der Waals surface area contributed by atoms with Gasteiger partial charge < -0.3 is 15.3 Å². The van der Waals surface area contributed by atoms with Crippen LogP contribution in [0.4, 0.5) is 4.79 Å². The molecule has 0 aromatic carbocycles. The van der Waals surface area contributed by atoms with Crippen LogP contribution in [0.2, 0.25) is 0 Å². The molecule has 114 valence electrons. The van der Waals surface area contributed by atoms with Gasteiger partial charge in [0, 0.05) is 19.1 Å². The van der Waals surface area contributed by atoms with E-state index in [0.29, 0.717) is 24.9 Å². The first-order valence-electron chi connectivity index (χ1n) is 7.72. The molecule has 0 aromatic heterocycles. The Bertz CT molecular complexity index is 383. The Morgan fingerprint density at radius 1 is 1.30 bits per heavy atom. The summed E-state index contributed by atoms with van der Waals surface area (Å²) in [7, 11) is 0. The fourth-order valence-corrected chi connectivity index (χ4v) is 3.88. The molecule has 4 unspecified atom stereocenters. The molecule has 2 amide bonds. The molecule has 0 radical (unpaired) electrons. The number of hydrogen-bond acceptors (Lipinski definition) is 2. The van der Waals surface area contributed by atoms with Gasteiger partial charge in [-0.25, -0.2) is 4.79 Å². The highest BCUT2D eigenvalue weighted by molar-refractivity contribution is 5.77. The first-order valence-corrected chi connectivity index (χ1v) is 7.72. The van der Waals surface area contributed by atoms with Crippen molar-refractivity contribution in [2.75, 3.05) is 13.1 Å². The maximum absolute atomic E-state index is 12.3. The topological polar surface area (TPSA) is 69.6 Å². The standard InChI is InChI=1S/C15H26N2O3/c1-4-17(8-9(2)3)15(20)16-13-11-6-5-10(7-11)12(13)14(18)19/h9-13H,4-8H2,1-3H3,(H,16,20)(H,18,19). The predicted molar refractivity (Wildman–Crippen MR) is 76.4 cm³/mol. The summed E-state index contributed by atoms with van der Waals surface area (Å²) >= 11 is 0. The number of aliphatic carboxylic acids is 1. The lowest BCUT2D eigenvalue weighted by Crippen LogP contribution is -2.52. The number of carbonyl (C=O) groups excluding carboxylic acids is 1. The molecule has 2 saturated carbocycles. The minimum Gasteiger partial charge on any atom is -0.481 e. The van der Waals surface area contributed by atoms with Gasteiger partial charge in [0.05, 0.1) is 5.92 Å². The molecule has 0 aliphatic heterocycles. The molecule has 0 aromatic rings. The van der Waals surface area contributed by atoms with Crippen LogP contribution in [0.15, 0.2) is 0 Å². The maximum atomic E-state index is 12.3. The Labute approximate surface area is 120 Å². The van der Waals surface area contributed by atoms with E-state index in [0.717, 1.165) is 19.3 Å². The summed E-state index contributed by atoms with van der Waals surface area (Å²) in [6.45, 7) is 7.47. The van der Waals surface area contributed by atoms with Crippen molar-refractivity contribution in [3.05, 3.63) is 0 Å². The van der Waals surface area contributed by atoms with Crippen LogP contribution in [0.1, 0.15) is 40.0 Å². The van der Waals surface area contributed by atoms with Crippen molar-refractivity contribution in [1.29, 1.82) is 0 Å². The lowest BCUT2D eigenvalue weighted by molar-refractivity contribution is -0.144. The van der Waals surface area contributed by atoms with Crippen LogP contribution in [0.3, 0.4) is 0 Å². The van der Waals surface area contributed by atoms with Crippen molar-refractivity contribution < 1.29 is 14.7 Å². The minimum absolute atomic E-state index is 0.106. The fourth-order valence-electron chi connectivity index (χ4n) is 3.88. The Kier molecular flexibility index (Phi) is 4.55. The average Bonchev–Trinajstić information content (AvgIpc) is 2.95. The average molecular weight is 282 g/mol. The van der Waals surface area contributed by atoms with E-state index < -0.39 is 11.9 Å². The van der Waals surface area contributed by atoms with Crippen molar-refractivity contribution in [3.8, 4) is 0 Å². The monoisotopic (exact) mass is 282 g/mol. The zero-order valence-corrected chi connectivity index (χ0v) is 12.6. The lowest BCUT2D eigenvalue weighted by atomic mass is 9.84. The second-order valence-electron chi connectivity index (χ2n) is 6.60. The van der Waals surface area contributed by atoms with E-state index in [4.69, 9.17) is 0 Å². The van der Waals surface area contributed by atoms with Crippen molar-refractivity contribution in [3.63, 3.8) is 0 Å². The molecule has 2 N–H and O–H groups in total. The molecule has 0 spiro atoms. The van der Waals surface area contributed by atoms with Gasteiger partial charge in [0.25, 0.3) is 0 Å². The van der Waals surface area contributed by atoms with Gasteiger partial charge in [-0.1, -0.05) is 13.8 Å². The highest BCUT2D eigenvalue weighted by atomic mass is 16.4. The van der Waals surface area contributed by atoms with Gasteiger partial charge in [-0.2, -0.15) is 0 Å². The molecule has 2 bridgehead atoms. The van der Waals surface area contributed by atoms with Gasteiger partial charge in [0.15, 0.2) is 0 Å². The van der Waals surface area contributed by atoms with Crippen LogP contribution in [-0.4, -0.2) is 41.1 Å². The molecule has 5 nitrogen and oxygen atoms in total. The Morgan fingerprint density at radius 2 is 1.95 bits per heavy atom. The van der Waals surface area contributed by atoms with Crippen molar-refractivity contribution in [2.45, 2.75) is 46.1 Å². The van der Waals surface area contributed by atoms with Crippen molar-refractivity contribution in [1.82, 2.24) is 10.2 Å². The first-order chi connectivity index (χ1) is 9.43. The quantitative estimate of drug-likeness (QED) is 0.812. The number of fused-ring (bicyclic) bond motifs is 2. The summed E-state index contributed by atoms with van der Waals surface area (Å²) < 4.78 is 0. The first kappa shape index (κ1) is 15.1. The fraction of sp³-hybridized carbons (Fsp3) is 0.867. The molecule has 2 aliphatic carbocycles. The largest absolute Gasteiger partial charge is 0.481 e. The second kappa shape index (κ2) is 6.02. The van der Waals surface area contributed by atoms with E-state index in [-0.39, 0.29) is 18.0 Å². The minimum atomic E-state index is -0.755. The molecule has 0 saturated heterocycles. The third-order valence-electron chi connectivity index (χ3n) is 4.75. The normalized spacial score (nSPS) is 31.6. The number of rotatable bonds is 5. The van der Waals surface area contributed by atoms with E-state index in [1.165, 1.54) is 0 Å². The van der Waals surface area contributed by atoms with Crippen LogP contribution in [0.5, 0.6) is 0 Å². The molecule has 2 rings (SSSR count). The van der Waals surface area contributed by atoms with Crippen molar-refractivity contribution >= 4 is 12.0 Å². The van der Waals surface area contributed by atoms with Crippen LogP contribution in [-0.2, 0) is 4.79 Å². The molecule has 2 fully saturated rings. The summed E-state index contributed by atoms with van der Waals surface area (Å²) in [5, 5.41) is 12.4. The van der Waals surface area contributed by atoms with Crippen LogP contribution >= 0.6 is 0 Å². The van der Waals surface area contributed by atoms with Gasteiger partial charge in [0.2, 0.25) is 0 Å². The van der Waals surface area contributed by atoms with Crippen molar-refractivity contribution in [2.24, 2.45) is 23.7 Å². The second-order valence-corrected chi connectivity index (χ2v) is 6.60. The summed E-state index contributed by atoms with van der Waals surface area (Å²) in [5.74, 6) is -0.133. The molecule has 5 heteroatoms. The van der Waals surface area contributed by atoms with Gasteiger partial charge in [-0.3, -0.25) is 4.79 Å². The third-order valence-corrected chi connectivity index (χ3v) is 4.75. The summed E-state index contributed by atoms with van der Waals surface area (Å²) in [5.41, 5.74) is 0. The number of nitrogens with zero attached hydrogens (tertiary/aromatic N) is 1. The zero-order valence-electron chi connectivity index (χ0n) is 12.6. The van der Waals surface area contributed by atoms with E-state index in [1.807, 2.05) is 6.92 Å². The van der Waals surface area contributed by atoms with E-state index in [2.05, 4.69) is 19.2 Å². The number of urea groups is 1. The summed E-state index contributed by atoms with van der Waals surface area (Å²) in [4.78, 5) is 25.5. The molecule has 0 heterocycles. The SMILES string of the molecule is CCN(CC(C)C)C(=O)NC1C2CCC(C2)C1C(=O)O.